The molecular formula is C12H19N3O3. The van der Waals surface area contributed by atoms with E-state index in [9.17, 15) is 9.59 Å². The summed E-state index contributed by atoms with van der Waals surface area (Å²) in [5.74, 6) is 0.0600. The van der Waals surface area contributed by atoms with Gasteiger partial charge in [0.25, 0.3) is 0 Å². The molecule has 6 heteroatoms. The lowest BCUT2D eigenvalue weighted by atomic mass is 9.94. The second-order valence-corrected chi connectivity index (χ2v) is 4.77. The number of nitrogens with one attached hydrogen (secondary N) is 1. The Morgan fingerprint density at radius 1 is 1.44 bits per heavy atom. The molecule has 2 N–H and O–H groups in total. The third kappa shape index (κ3) is 4.57. The monoisotopic (exact) mass is 253 g/mol. The molecule has 0 aliphatic rings. The fourth-order valence-corrected chi connectivity index (χ4v) is 1.38. The zero-order valence-corrected chi connectivity index (χ0v) is 10.9. The zero-order valence-electron chi connectivity index (χ0n) is 10.9. The highest BCUT2D eigenvalue weighted by atomic mass is 16.4. The van der Waals surface area contributed by atoms with Gasteiger partial charge in [-0.2, -0.15) is 5.10 Å². The molecule has 100 valence electrons. The lowest BCUT2D eigenvalue weighted by Crippen LogP contribution is -2.18. The highest BCUT2D eigenvalue weighted by molar-refractivity contribution is 5.89. The molecule has 0 fully saturated rings. The molecular weight excluding hydrogens is 234 g/mol. The maximum atomic E-state index is 11.7. The number of carboxylic acid groups (broad SMARTS) is 1. The standard InChI is InChI=1S/C12H19N3O3/c1-8(2)9(3)6-11(16)13-10-4-5-15(14-10)7-12(17)18/h4-5,8-9H,6-7H2,1-3H3,(H,17,18)(H,13,14,16). The fourth-order valence-electron chi connectivity index (χ4n) is 1.38. The van der Waals surface area contributed by atoms with Gasteiger partial charge in [-0.05, 0) is 11.8 Å². The minimum atomic E-state index is -0.968. The van der Waals surface area contributed by atoms with Crippen molar-refractivity contribution in [2.24, 2.45) is 11.8 Å². The predicted molar refractivity (Wildman–Crippen MR) is 67.1 cm³/mol. The molecule has 1 rings (SSSR count). The van der Waals surface area contributed by atoms with Gasteiger partial charge in [0, 0.05) is 18.7 Å². The van der Waals surface area contributed by atoms with E-state index >= 15 is 0 Å². The Labute approximate surface area is 106 Å². The lowest BCUT2D eigenvalue weighted by molar-refractivity contribution is -0.137. The van der Waals surface area contributed by atoms with Crippen LogP contribution in [0.2, 0.25) is 0 Å². The van der Waals surface area contributed by atoms with Crippen LogP contribution in [0.4, 0.5) is 5.82 Å². The van der Waals surface area contributed by atoms with Crippen LogP contribution in [0.15, 0.2) is 12.3 Å². The number of anilines is 1. The maximum absolute atomic E-state index is 11.7. The Balaban J connectivity index is 2.49. The van der Waals surface area contributed by atoms with E-state index < -0.39 is 5.97 Å². The van der Waals surface area contributed by atoms with Gasteiger partial charge in [0.15, 0.2) is 5.82 Å². The van der Waals surface area contributed by atoms with Crippen LogP contribution >= 0.6 is 0 Å². The summed E-state index contributed by atoms with van der Waals surface area (Å²) >= 11 is 0. The van der Waals surface area contributed by atoms with E-state index in [1.807, 2.05) is 6.92 Å². The summed E-state index contributed by atoms with van der Waals surface area (Å²) in [6.07, 6.45) is 1.96. The third-order valence-corrected chi connectivity index (χ3v) is 2.85. The first-order chi connectivity index (χ1) is 8.38. The number of rotatable bonds is 6. The molecule has 0 aromatic carbocycles. The van der Waals surface area contributed by atoms with Gasteiger partial charge in [-0.15, -0.1) is 0 Å². The lowest BCUT2D eigenvalue weighted by Gasteiger charge is -2.14. The first-order valence-corrected chi connectivity index (χ1v) is 5.93. The summed E-state index contributed by atoms with van der Waals surface area (Å²) in [6, 6.07) is 1.58. The molecule has 1 atom stereocenters. The predicted octanol–water partition coefficient (Wildman–Crippen LogP) is 1.59. The average Bonchev–Trinajstić information content (AvgIpc) is 2.63. The SMILES string of the molecule is CC(C)C(C)CC(=O)Nc1ccn(CC(=O)O)n1. The fraction of sp³-hybridized carbons (Fsp3) is 0.583. The quantitative estimate of drug-likeness (QED) is 0.806. The highest BCUT2D eigenvalue weighted by Crippen LogP contribution is 2.14. The second-order valence-electron chi connectivity index (χ2n) is 4.77. The highest BCUT2D eigenvalue weighted by Gasteiger charge is 2.13. The molecule has 0 aliphatic carbocycles. The number of amides is 1. The van der Waals surface area contributed by atoms with E-state index in [-0.39, 0.29) is 12.5 Å². The molecule has 0 radical (unpaired) electrons. The van der Waals surface area contributed by atoms with E-state index in [0.29, 0.717) is 24.1 Å². The first-order valence-electron chi connectivity index (χ1n) is 5.93. The minimum absolute atomic E-state index is 0.100. The van der Waals surface area contributed by atoms with Gasteiger partial charge in [0.05, 0.1) is 0 Å². The molecule has 0 aliphatic heterocycles. The Hall–Kier alpha value is -1.85. The molecule has 1 heterocycles. The second kappa shape index (κ2) is 6.18. The van der Waals surface area contributed by atoms with E-state index in [1.54, 1.807) is 6.07 Å². The Morgan fingerprint density at radius 3 is 2.67 bits per heavy atom. The van der Waals surface area contributed by atoms with Crippen LogP contribution in [0.25, 0.3) is 0 Å². The molecule has 18 heavy (non-hydrogen) atoms. The van der Waals surface area contributed by atoms with E-state index in [2.05, 4.69) is 24.3 Å². The van der Waals surface area contributed by atoms with Gasteiger partial charge in [-0.3, -0.25) is 14.3 Å². The van der Waals surface area contributed by atoms with Gasteiger partial charge < -0.3 is 10.4 Å². The van der Waals surface area contributed by atoms with Crippen molar-refractivity contribution >= 4 is 17.7 Å². The van der Waals surface area contributed by atoms with Crippen molar-refractivity contribution < 1.29 is 14.7 Å². The largest absolute Gasteiger partial charge is 0.480 e. The van der Waals surface area contributed by atoms with Crippen LogP contribution in [0, 0.1) is 11.8 Å². The van der Waals surface area contributed by atoms with E-state index in [1.165, 1.54) is 10.9 Å². The van der Waals surface area contributed by atoms with Crippen LogP contribution in [0.3, 0.4) is 0 Å². The number of carboxylic acids is 1. The number of hydrogen-bond donors (Lipinski definition) is 2. The molecule has 0 saturated heterocycles. The maximum Gasteiger partial charge on any atom is 0.325 e. The summed E-state index contributed by atoms with van der Waals surface area (Å²) in [4.78, 5) is 22.2. The normalized spacial score (nSPS) is 12.4. The van der Waals surface area contributed by atoms with Crippen LogP contribution in [0.5, 0.6) is 0 Å². The van der Waals surface area contributed by atoms with Crippen molar-refractivity contribution in [3.05, 3.63) is 12.3 Å². The van der Waals surface area contributed by atoms with Crippen molar-refractivity contribution in [1.82, 2.24) is 9.78 Å². The van der Waals surface area contributed by atoms with Crippen LogP contribution < -0.4 is 5.32 Å². The summed E-state index contributed by atoms with van der Waals surface area (Å²) in [5.41, 5.74) is 0. The Bertz CT molecular complexity index is 426. The topological polar surface area (TPSA) is 84.2 Å². The van der Waals surface area contributed by atoms with Crippen molar-refractivity contribution in [1.29, 1.82) is 0 Å². The van der Waals surface area contributed by atoms with Gasteiger partial charge in [-0.1, -0.05) is 20.8 Å². The molecule has 1 amide bonds. The minimum Gasteiger partial charge on any atom is -0.480 e. The summed E-state index contributed by atoms with van der Waals surface area (Å²) in [6.45, 7) is 5.95. The van der Waals surface area contributed by atoms with Gasteiger partial charge in [-0.25, -0.2) is 0 Å². The number of aromatic nitrogens is 2. The summed E-state index contributed by atoms with van der Waals surface area (Å²) in [7, 11) is 0. The third-order valence-electron chi connectivity index (χ3n) is 2.85. The van der Waals surface area contributed by atoms with Gasteiger partial charge in [0.2, 0.25) is 5.91 Å². The molecule has 1 unspecified atom stereocenters. The molecule has 6 nitrogen and oxygen atoms in total. The molecule has 0 bridgehead atoms. The number of nitrogens with zero attached hydrogens (tertiary/aromatic N) is 2. The van der Waals surface area contributed by atoms with Crippen molar-refractivity contribution in [3.63, 3.8) is 0 Å². The number of carbonyl (C=O) groups excluding carboxylic acids is 1. The van der Waals surface area contributed by atoms with Gasteiger partial charge >= 0.3 is 5.97 Å². The zero-order chi connectivity index (χ0) is 13.7. The van der Waals surface area contributed by atoms with Crippen LogP contribution in [-0.2, 0) is 16.1 Å². The van der Waals surface area contributed by atoms with E-state index in [4.69, 9.17) is 5.11 Å². The molecule has 0 saturated carbocycles. The number of carbonyl (C=O) groups is 2. The van der Waals surface area contributed by atoms with Crippen molar-refractivity contribution in [3.8, 4) is 0 Å². The molecule has 1 aromatic heterocycles. The average molecular weight is 253 g/mol. The Morgan fingerprint density at radius 2 is 2.11 bits per heavy atom. The number of aliphatic carboxylic acids is 1. The molecule has 1 aromatic rings. The smallest absolute Gasteiger partial charge is 0.325 e. The first kappa shape index (κ1) is 14.2. The summed E-state index contributed by atoms with van der Waals surface area (Å²) < 4.78 is 1.27. The summed E-state index contributed by atoms with van der Waals surface area (Å²) in [5, 5.41) is 15.2. The van der Waals surface area contributed by atoms with Crippen LogP contribution in [0.1, 0.15) is 27.2 Å². The van der Waals surface area contributed by atoms with Crippen LogP contribution in [-0.4, -0.2) is 26.8 Å². The van der Waals surface area contributed by atoms with Crippen molar-refractivity contribution in [2.45, 2.75) is 33.7 Å². The van der Waals surface area contributed by atoms with Gasteiger partial charge in [0.1, 0.15) is 6.54 Å². The Kier molecular flexibility index (Phi) is 4.88. The van der Waals surface area contributed by atoms with E-state index in [0.717, 1.165) is 0 Å². The number of hydrogen-bond acceptors (Lipinski definition) is 3. The van der Waals surface area contributed by atoms with Crippen molar-refractivity contribution in [2.75, 3.05) is 5.32 Å². The molecule has 0 spiro atoms.